The van der Waals surface area contributed by atoms with Gasteiger partial charge in [-0.3, -0.25) is 4.72 Å². The van der Waals surface area contributed by atoms with E-state index in [1.165, 1.54) is 37.3 Å². The minimum Gasteiger partial charge on any atom is -0.396 e. The molecule has 2 aromatic carbocycles. The molecule has 2 rings (SSSR count). The molecule has 0 bridgehead atoms. The monoisotopic (exact) mass is 348 g/mol. The van der Waals surface area contributed by atoms with E-state index in [9.17, 15) is 12.8 Å². The first-order valence-electron chi connectivity index (χ1n) is 5.75. The van der Waals surface area contributed by atoms with E-state index in [-0.39, 0.29) is 26.3 Å². The maximum absolute atomic E-state index is 13.2. The van der Waals surface area contributed by atoms with Crippen LogP contribution in [-0.4, -0.2) is 8.42 Å². The first kappa shape index (κ1) is 15.9. The Morgan fingerprint density at radius 2 is 1.86 bits per heavy atom. The second kappa shape index (κ2) is 5.71. The van der Waals surface area contributed by atoms with Gasteiger partial charge in [0.1, 0.15) is 10.7 Å². The Bertz CT molecular complexity index is 810. The lowest BCUT2D eigenvalue weighted by molar-refractivity contribution is 0.601. The van der Waals surface area contributed by atoms with Gasteiger partial charge >= 0.3 is 0 Å². The van der Waals surface area contributed by atoms with Crippen LogP contribution in [0.25, 0.3) is 0 Å². The molecule has 21 heavy (non-hydrogen) atoms. The molecular weight excluding hydrogens is 338 g/mol. The first-order valence-corrected chi connectivity index (χ1v) is 7.99. The summed E-state index contributed by atoms with van der Waals surface area (Å²) in [5.74, 6) is -0.424. The molecule has 0 aliphatic rings. The second-order valence-electron chi connectivity index (χ2n) is 4.34. The van der Waals surface area contributed by atoms with Crippen LogP contribution in [0.1, 0.15) is 5.56 Å². The summed E-state index contributed by atoms with van der Waals surface area (Å²) in [6.45, 7) is 1.53. The Morgan fingerprint density at radius 1 is 1.19 bits per heavy atom. The molecular formula is C13H11Cl2FN2O2S. The van der Waals surface area contributed by atoms with Crippen LogP contribution >= 0.6 is 23.2 Å². The number of aryl methyl sites for hydroxylation is 1. The fraction of sp³-hybridized carbons (Fsp3) is 0.0769. The summed E-state index contributed by atoms with van der Waals surface area (Å²) in [6, 6.07) is 6.45. The van der Waals surface area contributed by atoms with Crippen LogP contribution in [0.4, 0.5) is 15.8 Å². The van der Waals surface area contributed by atoms with Gasteiger partial charge in [-0.1, -0.05) is 23.2 Å². The molecule has 2 aromatic rings. The number of nitrogens with one attached hydrogen (secondary N) is 1. The SMILES string of the molecule is Cc1cc(NS(=O)(=O)c2ccc(Cl)c(N)c2Cl)ccc1F. The molecule has 0 amide bonds. The molecule has 0 saturated heterocycles. The topological polar surface area (TPSA) is 72.2 Å². The van der Waals surface area contributed by atoms with E-state index >= 15 is 0 Å². The van der Waals surface area contributed by atoms with Crippen molar-refractivity contribution in [3.05, 3.63) is 51.8 Å². The zero-order valence-corrected chi connectivity index (χ0v) is 13.2. The molecule has 0 unspecified atom stereocenters. The third-order valence-electron chi connectivity index (χ3n) is 2.79. The Labute approximate surface area is 131 Å². The summed E-state index contributed by atoms with van der Waals surface area (Å²) in [5.41, 5.74) is 6.13. The van der Waals surface area contributed by atoms with Gasteiger partial charge in [-0.15, -0.1) is 0 Å². The van der Waals surface area contributed by atoms with Gasteiger partial charge in [-0.25, -0.2) is 12.8 Å². The molecule has 0 heterocycles. The zero-order valence-electron chi connectivity index (χ0n) is 10.8. The van der Waals surface area contributed by atoms with Crippen molar-refractivity contribution in [2.45, 2.75) is 11.8 Å². The summed E-state index contributed by atoms with van der Waals surface area (Å²) in [5, 5.41) is 0.00501. The number of sulfonamides is 1. The standard InChI is InChI=1S/C13H11Cl2FN2O2S/c1-7-6-8(2-4-10(7)16)18-21(19,20)11-5-3-9(14)13(17)12(11)15/h2-6,18H,17H2,1H3. The lowest BCUT2D eigenvalue weighted by Crippen LogP contribution is -2.14. The van der Waals surface area contributed by atoms with Crippen LogP contribution in [0, 0.1) is 12.7 Å². The van der Waals surface area contributed by atoms with Crippen molar-refractivity contribution in [3.8, 4) is 0 Å². The van der Waals surface area contributed by atoms with E-state index < -0.39 is 15.8 Å². The van der Waals surface area contributed by atoms with Crippen molar-refractivity contribution in [2.24, 2.45) is 0 Å². The Hall–Kier alpha value is -1.50. The molecule has 112 valence electrons. The summed E-state index contributed by atoms with van der Waals surface area (Å²) in [7, 11) is -3.96. The van der Waals surface area contributed by atoms with E-state index in [0.717, 1.165) is 0 Å². The number of benzene rings is 2. The number of rotatable bonds is 3. The fourth-order valence-electron chi connectivity index (χ4n) is 1.68. The largest absolute Gasteiger partial charge is 0.396 e. The molecule has 0 aliphatic carbocycles. The van der Waals surface area contributed by atoms with E-state index in [1.807, 2.05) is 0 Å². The second-order valence-corrected chi connectivity index (χ2v) is 6.78. The van der Waals surface area contributed by atoms with Crippen molar-refractivity contribution >= 4 is 44.6 Å². The van der Waals surface area contributed by atoms with Gasteiger partial charge in [-0.2, -0.15) is 0 Å². The van der Waals surface area contributed by atoms with Gasteiger partial charge in [0.15, 0.2) is 0 Å². The molecule has 0 spiro atoms. The zero-order chi connectivity index (χ0) is 15.8. The maximum atomic E-state index is 13.2. The number of halogens is 3. The molecule has 0 radical (unpaired) electrons. The lowest BCUT2D eigenvalue weighted by atomic mass is 10.2. The normalized spacial score (nSPS) is 11.4. The number of hydrogen-bond acceptors (Lipinski definition) is 3. The fourth-order valence-corrected chi connectivity index (χ4v) is 3.49. The van der Waals surface area contributed by atoms with Gasteiger partial charge in [0.05, 0.1) is 15.7 Å². The maximum Gasteiger partial charge on any atom is 0.263 e. The summed E-state index contributed by atoms with van der Waals surface area (Å²) in [6.07, 6.45) is 0. The summed E-state index contributed by atoms with van der Waals surface area (Å²) >= 11 is 11.7. The predicted molar refractivity (Wildman–Crippen MR) is 82.8 cm³/mol. The van der Waals surface area contributed by atoms with Crippen molar-refractivity contribution in [3.63, 3.8) is 0 Å². The Morgan fingerprint density at radius 3 is 2.48 bits per heavy atom. The highest BCUT2D eigenvalue weighted by Crippen LogP contribution is 2.34. The third kappa shape index (κ3) is 3.23. The molecule has 8 heteroatoms. The first-order chi connectivity index (χ1) is 9.72. The van der Waals surface area contributed by atoms with Crippen molar-refractivity contribution in [1.29, 1.82) is 0 Å². The van der Waals surface area contributed by atoms with Crippen LogP contribution < -0.4 is 10.5 Å². The minimum absolute atomic E-state index is 0.0171. The third-order valence-corrected chi connectivity index (χ3v) is 5.06. The van der Waals surface area contributed by atoms with E-state index in [1.54, 1.807) is 0 Å². The quantitative estimate of drug-likeness (QED) is 0.828. The van der Waals surface area contributed by atoms with Crippen molar-refractivity contribution in [1.82, 2.24) is 0 Å². The van der Waals surface area contributed by atoms with Gasteiger partial charge in [-0.05, 0) is 42.8 Å². The predicted octanol–water partition coefficient (Wildman–Crippen LogP) is 3.82. The van der Waals surface area contributed by atoms with Crippen LogP contribution in [-0.2, 0) is 10.0 Å². The molecule has 0 aromatic heterocycles. The highest BCUT2D eigenvalue weighted by molar-refractivity contribution is 7.92. The smallest absolute Gasteiger partial charge is 0.263 e. The average molecular weight is 349 g/mol. The summed E-state index contributed by atoms with van der Waals surface area (Å²) < 4.78 is 40.1. The van der Waals surface area contributed by atoms with Gasteiger partial charge in [0.25, 0.3) is 10.0 Å². The number of hydrogen-bond donors (Lipinski definition) is 2. The van der Waals surface area contributed by atoms with Crippen molar-refractivity contribution < 1.29 is 12.8 Å². The molecule has 0 aliphatic heterocycles. The van der Waals surface area contributed by atoms with Gasteiger partial charge in [0.2, 0.25) is 0 Å². The Balaban J connectivity index is 2.43. The molecule has 4 nitrogen and oxygen atoms in total. The highest BCUT2D eigenvalue weighted by atomic mass is 35.5. The van der Waals surface area contributed by atoms with E-state index in [0.29, 0.717) is 5.56 Å². The van der Waals surface area contributed by atoms with Crippen LogP contribution in [0.3, 0.4) is 0 Å². The average Bonchev–Trinajstić information content (AvgIpc) is 2.39. The molecule has 0 atom stereocenters. The number of nitrogen functional groups attached to an aromatic ring is 1. The molecule has 3 N–H and O–H groups in total. The van der Waals surface area contributed by atoms with Gasteiger partial charge < -0.3 is 5.73 Å². The van der Waals surface area contributed by atoms with E-state index in [4.69, 9.17) is 28.9 Å². The van der Waals surface area contributed by atoms with Gasteiger partial charge in [0, 0.05) is 5.69 Å². The minimum atomic E-state index is -3.96. The summed E-state index contributed by atoms with van der Waals surface area (Å²) in [4.78, 5) is -0.201. The van der Waals surface area contributed by atoms with Crippen LogP contribution in [0.5, 0.6) is 0 Å². The molecule has 0 saturated carbocycles. The van der Waals surface area contributed by atoms with E-state index in [2.05, 4.69) is 4.72 Å². The Kier molecular flexibility index (Phi) is 4.32. The number of anilines is 2. The highest BCUT2D eigenvalue weighted by Gasteiger charge is 2.21. The number of nitrogens with two attached hydrogens (primary N) is 1. The molecule has 0 fully saturated rings. The van der Waals surface area contributed by atoms with Crippen LogP contribution in [0.2, 0.25) is 10.0 Å². The lowest BCUT2D eigenvalue weighted by Gasteiger charge is -2.12. The van der Waals surface area contributed by atoms with Crippen molar-refractivity contribution in [2.75, 3.05) is 10.5 Å². The van der Waals surface area contributed by atoms with Crippen LogP contribution in [0.15, 0.2) is 35.2 Å².